The average Bonchev–Trinajstić information content (AvgIpc) is 2.08. The first-order valence-corrected chi connectivity index (χ1v) is 3.64. The molecule has 0 amide bonds. The van der Waals surface area contributed by atoms with Gasteiger partial charge in [0.1, 0.15) is 30.6 Å². The Balaban J connectivity index is 2.63. The molecule has 0 unspecified atom stereocenters. The smallest absolute Gasteiger partial charge is 0.135 e. The molecule has 72 valence electrons. The Morgan fingerprint density at radius 3 is 2.17 bits per heavy atom. The lowest BCUT2D eigenvalue weighted by molar-refractivity contribution is -0.227. The van der Waals surface area contributed by atoms with Crippen LogP contribution in [0.3, 0.4) is 0 Å². The first-order valence-electron chi connectivity index (χ1n) is 3.64. The third kappa shape index (κ3) is 1.58. The van der Waals surface area contributed by atoms with Crippen molar-refractivity contribution in [1.29, 1.82) is 0 Å². The molecule has 1 heterocycles. The standard InChI is InChI=1S/C6H13NO5/c7-6-5(11)4(10)3(9)2(1-8)12-6/h2-6,8-11H,1,7H2/t2-,3-,4-,5-,6+/m0/s1. The number of ether oxygens (including phenoxy) is 1. The van der Waals surface area contributed by atoms with Crippen LogP contribution in [-0.2, 0) is 4.74 Å². The van der Waals surface area contributed by atoms with E-state index < -0.39 is 37.3 Å². The highest BCUT2D eigenvalue weighted by atomic mass is 16.6. The van der Waals surface area contributed by atoms with E-state index in [1.54, 1.807) is 0 Å². The lowest BCUT2D eigenvalue weighted by atomic mass is 9.99. The molecule has 0 aliphatic carbocycles. The molecule has 1 fully saturated rings. The maximum absolute atomic E-state index is 9.18. The highest BCUT2D eigenvalue weighted by molar-refractivity contribution is 4.89. The monoisotopic (exact) mass is 179 g/mol. The number of aliphatic hydroxyl groups excluding tert-OH is 4. The molecule has 1 rings (SSSR count). The predicted octanol–water partition coefficient (Wildman–Crippen LogP) is -3.25. The van der Waals surface area contributed by atoms with Crippen LogP contribution in [0, 0.1) is 0 Å². The highest BCUT2D eigenvalue weighted by Crippen LogP contribution is 2.17. The summed E-state index contributed by atoms with van der Waals surface area (Å²) in [5.74, 6) is 0. The molecule has 1 aliphatic rings. The number of nitrogens with two attached hydrogens (primary N) is 1. The van der Waals surface area contributed by atoms with E-state index in [1.807, 2.05) is 0 Å². The molecule has 12 heavy (non-hydrogen) atoms. The number of rotatable bonds is 1. The molecule has 6 N–H and O–H groups in total. The zero-order chi connectivity index (χ0) is 9.30. The first kappa shape index (κ1) is 9.85. The van der Waals surface area contributed by atoms with Crippen LogP contribution in [0.15, 0.2) is 0 Å². The maximum Gasteiger partial charge on any atom is 0.135 e. The SMILES string of the molecule is N[C@@H]1O[C@@H](CO)[C@H](O)[C@H](O)[C@@H]1O. The van der Waals surface area contributed by atoms with Crippen LogP contribution in [-0.4, -0.2) is 57.7 Å². The highest BCUT2D eigenvalue weighted by Gasteiger charge is 2.41. The van der Waals surface area contributed by atoms with Gasteiger partial charge >= 0.3 is 0 Å². The van der Waals surface area contributed by atoms with Gasteiger partial charge in [0.15, 0.2) is 0 Å². The van der Waals surface area contributed by atoms with E-state index in [0.717, 1.165) is 0 Å². The van der Waals surface area contributed by atoms with Crippen molar-refractivity contribution in [1.82, 2.24) is 0 Å². The molecular weight excluding hydrogens is 166 g/mol. The second-order valence-corrected chi connectivity index (χ2v) is 2.79. The fourth-order valence-corrected chi connectivity index (χ4v) is 1.13. The van der Waals surface area contributed by atoms with Gasteiger partial charge in [-0.3, -0.25) is 0 Å². The molecule has 0 aromatic rings. The summed E-state index contributed by atoms with van der Waals surface area (Å²) < 4.78 is 4.80. The van der Waals surface area contributed by atoms with E-state index in [4.69, 9.17) is 25.8 Å². The third-order valence-corrected chi connectivity index (χ3v) is 1.93. The molecule has 0 aromatic heterocycles. The zero-order valence-electron chi connectivity index (χ0n) is 6.37. The molecule has 1 aliphatic heterocycles. The Kier molecular flexibility index (Phi) is 2.99. The van der Waals surface area contributed by atoms with E-state index in [0.29, 0.717) is 0 Å². The minimum absolute atomic E-state index is 0.446. The molecule has 0 radical (unpaired) electrons. The van der Waals surface area contributed by atoms with Crippen molar-refractivity contribution in [2.45, 2.75) is 30.6 Å². The van der Waals surface area contributed by atoms with Crippen molar-refractivity contribution < 1.29 is 25.2 Å². The average molecular weight is 179 g/mol. The molecule has 6 nitrogen and oxygen atoms in total. The van der Waals surface area contributed by atoms with Gasteiger partial charge in [-0.25, -0.2) is 0 Å². The molecule has 0 aromatic carbocycles. The fraction of sp³-hybridized carbons (Fsp3) is 1.00. The van der Waals surface area contributed by atoms with Gasteiger partial charge in [-0.15, -0.1) is 0 Å². The lowest BCUT2D eigenvalue weighted by Gasteiger charge is -2.38. The summed E-state index contributed by atoms with van der Waals surface area (Å²) in [6.07, 6.45) is -5.99. The summed E-state index contributed by atoms with van der Waals surface area (Å²) in [4.78, 5) is 0. The molecule has 6 heteroatoms. The van der Waals surface area contributed by atoms with Crippen molar-refractivity contribution in [2.75, 3.05) is 6.61 Å². The number of aliphatic hydroxyl groups is 4. The summed E-state index contributed by atoms with van der Waals surface area (Å²) in [7, 11) is 0. The van der Waals surface area contributed by atoms with Crippen molar-refractivity contribution in [2.24, 2.45) is 5.73 Å². The van der Waals surface area contributed by atoms with Crippen molar-refractivity contribution in [3.63, 3.8) is 0 Å². The largest absolute Gasteiger partial charge is 0.394 e. The minimum Gasteiger partial charge on any atom is -0.394 e. The van der Waals surface area contributed by atoms with Gasteiger partial charge in [0.05, 0.1) is 6.61 Å². The van der Waals surface area contributed by atoms with Gasteiger partial charge in [-0.1, -0.05) is 0 Å². The third-order valence-electron chi connectivity index (χ3n) is 1.93. The quantitative estimate of drug-likeness (QED) is 0.288. The lowest BCUT2D eigenvalue weighted by Crippen LogP contribution is -2.61. The van der Waals surface area contributed by atoms with Gasteiger partial charge in [0.25, 0.3) is 0 Å². The van der Waals surface area contributed by atoms with Gasteiger partial charge in [-0.2, -0.15) is 0 Å². The van der Waals surface area contributed by atoms with E-state index in [2.05, 4.69) is 0 Å². The van der Waals surface area contributed by atoms with E-state index in [1.165, 1.54) is 0 Å². The maximum atomic E-state index is 9.18. The minimum atomic E-state index is -1.37. The van der Waals surface area contributed by atoms with Crippen LogP contribution in [0.4, 0.5) is 0 Å². The number of hydrogen-bond acceptors (Lipinski definition) is 6. The molecule has 1 saturated heterocycles. The van der Waals surface area contributed by atoms with Crippen molar-refractivity contribution in [3.05, 3.63) is 0 Å². The molecule has 5 atom stereocenters. The van der Waals surface area contributed by atoms with Crippen LogP contribution >= 0.6 is 0 Å². The van der Waals surface area contributed by atoms with Crippen LogP contribution in [0.5, 0.6) is 0 Å². The Hall–Kier alpha value is -0.240. The topological polar surface area (TPSA) is 116 Å². The van der Waals surface area contributed by atoms with Gasteiger partial charge in [0.2, 0.25) is 0 Å². The second-order valence-electron chi connectivity index (χ2n) is 2.79. The van der Waals surface area contributed by atoms with Crippen LogP contribution in [0.2, 0.25) is 0 Å². The van der Waals surface area contributed by atoms with Crippen molar-refractivity contribution >= 4 is 0 Å². The second kappa shape index (κ2) is 3.65. The van der Waals surface area contributed by atoms with Gasteiger partial charge < -0.3 is 30.9 Å². The molecule has 0 spiro atoms. The predicted molar refractivity (Wildman–Crippen MR) is 38.0 cm³/mol. The summed E-state index contributed by atoms with van der Waals surface area (Å²) >= 11 is 0. The fourth-order valence-electron chi connectivity index (χ4n) is 1.13. The Morgan fingerprint density at radius 1 is 1.08 bits per heavy atom. The Bertz CT molecular complexity index is 150. The molecule has 0 saturated carbocycles. The summed E-state index contributed by atoms with van der Waals surface area (Å²) in [6.45, 7) is -0.446. The van der Waals surface area contributed by atoms with Crippen molar-refractivity contribution in [3.8, 4) is 0 Å². The van der Waals surface area contributed by atoms with E-state index >= 15 is 0 Å². The van der Waals surface area contributed by atoms with Crippen LogP contribution in [0.1, 0.15) is 0 Å². The zero-order valence-corrected chi connectivity index (χ0v) is 6.37. The van der Waals surface area contributed by atoms with Gasteiger partial charge in [0, 0.05) is 0 Å². The Morgan fingerprint density at radius 2 is 1.67 bits per heavy atom. The van der Waals surface area contributed by atoms with Crippen LogP contribution < -0.4 is 5.73 Å². The molecular formula is C6H13NO5. The summed E-state index contributed by atoms with van der Waals surface area (Å²) in [6, 6.07) is 0. The normalized spacial score (nSPS) is 49.2. The van der Waals surface area contributed by atoms with E-state index in [9.17, 15) is 5.11 Å². The number of hydrogen-bond donors (Lipinski definition) is 5. The Labute approximate surface area is 69.2 Å². The first-order chi connectivity index (χ1) is 5.57. The summed E-state index contributed by atoms with van der Waals surface area (Å²) in [5, 5.41) is 36.1. The van der Waals surface area contributed by atoms with Crippen LogP contribution in [0.25, 0.3) is 0 Å². The summed E-state index contributed by atoms with van der Waals surface area (Å²) in [5.41, 5.74) is 5.24. The molecule has 0 bridgehead atoms. The van der Waals surface area contributed by atoms with Gasteiger partial charge in [-0.05, 0) is 0 Å². The van der Waals surface area contributed by atoms with E-state index in [-0.39, 0.29) is 0 Å².